The summed E-state index contributed by atoms with van der Waals surface area (Å²) in [6.45, 7) is 5.74. The molecule has 0 fully saturated rings. The molecule has 0 aliphatic heterocycles. The van der Waals surface area contributed by atoms with Crippen molar-refractivity contribution in [2.24, 2.45) is 5.73 Å². The zero-order valence-corrected chi connectivity index (χ0v) is 12.2. The number of nitrogens with zero attached hydrogens (tertiary/aromatic N) is 2. The van der Waals surface area contributed by atoms with Crippen LogP contribution in [0.15, 0.2) is 36.7 Å². The fourth-order valence-electron chi connectivity index (χ4n) is 2.10. The highest BCUT2D eigenvalue weighted by atomic mass is 16.5. The van der Waals surface area contributed by atoms with Crippen molar-refractivity contribution < 1.29 is 4.74 Å². The number of benzene rings is 1. The Morgan fingerprint density at radius 3 is 3.00 bits per heavy atom. The maximum Gasteiger partial charge on any atom is 0.119 e. The van der Waals surface area contributed by atoms with Gasteiger partial charge in [-0.25, -0.2) is 0 Å². The normalized spacial score (nSPS) is 12.3. The van der Waals surface area contributed by atoms with Crippen molar-refractivity contribution >= 4 is 0 Å². The number of aryl methyl sites for hydroxylation is 2. The molecule has 0 saturated carbocycles. The molecular weight excluding hydrogens is 250 g/mol. The lowest BCUT2D eigenvalue weighted by atomic mass is 10.1. The van der Waals surface area contributed by atoms with Crippen molar-refractivity contribution in [3.05, 3.63) is 47.8 Å². The highest BCUT2D eigenvalue weighted by molar-refractivity contribution is 5.27. The minimum Gasteiger partial charge on any atom is -0.494 e. The van der Waals surface area contributed by atoms with Crippen LogP contribution in [0.5, 0.6) is 5.75 Å². The number of hydrogen-bond acceptors (Lipinski definition) is 3. The maximum absolute atomic E-state index is 6.17. The van der Waals surface area contributed by atoms with E-state index >= 15 is 0 Å². The SMILES string of the molecule is CCCn1cc(C(N)CCOc2cccc(C)c2)cn1. The Morgan fingerprint density at radius 2 is 2.25 bits per heavy atom. The van der Waals surface area contributed by atoms with Gasteiger partial charge in [0.05, 0.1) is 12.8 Å². The molecule has 1 aromatic heterocycles. The molecule has 2 aromatic rings. The van der Waals surface area contributed by atoms with Crippen LogP contribution in [0.1, 0.15) is 36.9 Å². The summed E-state index contributed by atoms with van der Waals surface area (Å²) < 4.78 is 7.67. The summed E-state index contributed by atoms with van der Waals surface area (Å²) in [5.74, 6) is 0.902. The van der Waals surface area contributed by atoms with E-state index in [0.29, 0.717) is 6.61 Å². The van der Waals surface area contributed by atoms with Gasteiger partial charge in [0.1, 0.15) is 5.75 Å². The summed E-state index contributed by atoms with van der Waals surface area (Å²) in [6.07, 6.45) is 5.74. The third-order valence-electron chi connectivity index (χ3n) is 3.22. The van der Waals surface area contributed by atoms with Crippen LogP contribution >= 0.6 is 0 Å². The lowest BCUT2D eigenvalue weighted by Crippen LogP contribution is -2.13. The Hall–Kier alpha value is -1.81. The zero-order chi connectivity index (χ0) is 14.4. The molecule has 0 aliphatic rings. The van der Waals surface area contributed by atoms with Gasteiger partial charge in [-0.3, -0.25) is 4.68 Å². The van der Waals surface area contributed by atoms with E-state index in [0.717, 1.165) is 30.7 Å². The lowest BCUT2D eigenvalue weighted by Gasteiger charge is -2.11. The molecule has 1 heterocycles. The first-order chi connectivity index (χ1) is 9.69. The molecule has 1 atom stereocenters. The molecule has 0 spiro atoms. The quantitative estimate of drug-likeness (QED) is 0.843. The van der Waals surface area contributed by atoms with Crippen LogP contribution in [-0.4, -0.2) is 16.4 Å². The fraction of sp³-hybridized carbons (Fsp3) is 0.438. The van der Waals surface area contributed by atoms with Crippen LogP contribution in [0.4, 0.5) is 0 Å². The van der Waals surface area contributed by atoms with Crippen LogP contribution in [0.3, 0.4) is 0 Å². The second-order valence-corrected chi connectivity index (χ2v) is 5.10. The topological polar surface area (TPSA) is 53.1 Å². The number of rotatable bonds is 7. The Morgan fingerprint density at radius 1 is 1.40 bits per heavy atom. The molecule has 0 amide bonds. The smallest absolute Gasteiger partial charge is 0.119 e. The largest absolute Gasteiger partial charge is 0.494 e. The second-order valence-electron chi connectivity index (χ2n) is 5.10. The first kappa shape index (κ1) is 14.6. The summed E-state index contributed by atoms with van der Waals surface area (Å²) in [7, 11) is 0. The van der Waals surface area contributed by atoms with Crippen molar-refractivity contribution in [1.82, 2.24) is 9.78 Å². The highest BCUT2D eigenvalue weighted by Gasteiger charge is 2.09. The number of nitrogens with two attached hydrogens (primary N) is 1. The van der Waals surface area contributed by atoms with Crippen molar-refractivity contribution in [3.8, 4) is 5.75 Å². The predicted molar refractivity (Wildman–Crippen MR) is 80.7 cm³/mol. The van der Waals surface area contributed by atoms with E-state index < -0.39 is 0 Å². The van der Waals surface area contributed by atoms with Gasteiger partial charge in [-0.2, -0.15) is 5.10 Å². The number of aromatic nitrogens is 2. The van der Waals surface area contributed by atoms with E-state index in [-0.39, 0.29) is 6.04 Å². The highest BCUT2D eigenvalue weighted by Crippen LogP contribution is 2.16. The van der Waals surface area contributed by atoms with Crippen LogP contribution in [-0.2, 0) is 6.54 Å². The molecular formula is C16H23N3O. The van der Waals surface area contributed by atoms with Crippen molar-refractivity contribution in [2.75, 3.05) is 6.61 Å². The molecule has 20 heavy (non-hydrogen) atoms. The van der Waals surface area contributed by atoms with Crippen LogP contribution in [0, 0.1) is 6.92 Å². The van der Waals surface area contributed by atoms with Crippen LogP contribution in [0.25, 0.3) is 0 Å². The third-order valence-corrected chi connectivity index (χ3v) is 3.22. The monoisotopic (exact) mass is 273 g/mol. The molecule has 4 heteroatoms. The first-order valence-corrected chi connectivity index (χ1v) is 7.16. The van der Waals surface area contributed by atoms with Gasteiger partial charge >= 0.3 is 0 Å². The van der Waals surface area contributed by atoms with Gasteiger partial charge in [0.25, 0.3) is 0 Å². The van der Waals surface area contributed by atoms with Crippen LogP contribution in [0.2, 0.25) is 0 Å². The third kappa shape index (κ3) is 4.10. The van der Waals surface area contributed by atoms with E-state index in [9.17, 15) is 0 Å². The fourth-order valence-corrected chi connectivity index (χ4v) is 2.10. The zero-order valence-electron chi connectivity index (χ0n) is 12.2. The standard InChI is InChI=1S/C16H23N3O/c1-3-8-19-12-14(11-18-19)16(17)7-9-20-15-6-4-5-13(2)10-15/h4-6,10-12,16H,3,7-9,17H2,1-2H3. The molecule has 0 saturated heterocycles. The van der Waals surface area contributed by atoms with E-state index in [2.05, 4.69) is 25.0 Å². The van der Waals surface area contributed by atoms with Gasteiger partial charge in [-0.15, -0.1) is 0 Å². The molecule has 0 aliphatic carbocycles. The summed E-state index contributed by atoms with van der Waals surface area (Å²) in [4.78, 5) is 0. The Labute approximate surface area is 120 Å². The van der Waals surface area contributed by atoms with Crippen molar-refractivity contribution in [2.45, 2.75) is 39.3 Å². The number of ether oxygens (including phenoxy) is 1. The molecule has 108 valence electrons. The maximum atomic E-state index is 6.17. The number of hydrogen-bond donors (Lipinski definition) is 1. The lowest BCUT2D eigenvalue weighted by molar-refractivity contribution is 0.298. The molecule has 1 unspecified atom stereocenters. The van der Waals surface area contributed by atoms with Gasteiger partial charge in [0.15, 0.2) is 0 Å². The van der Waals surface area contributed by atoms with Gasteiger partial charge in [0, 0.05) is 30.8 Å². The average Bonchev–Trinajstić information content (AvgIpc) is 2.88. The summed E-state index contributed by atoms with van der Waals surface area (Å²) in [5, 5.41) is 4.30. The first-order valence-electron chi connectivity index (χ1n) is 7.16. The van der Waals surface area contributed by atoms with E-state index in [1.165, 1.54) is 5.56 Å². The van der Waals surface area contributed by atoms with Gasteiger partial charge in [0.2, 0.25) is 0 Å². The molecule has 2 rings (SSSR count). The predicted octanol–water partition coefficient (Wildman–Crippen LogP) is 3.07. The molecule has 0 bridgehead atoms. The summed E-state index contributed by atoms with van der Waals surface area (Å²) in [5.41, 5.74) is 8.44. The van der Waals surface area contributed by atoms with E-state index in [1.54, 1.807) is 0 Å². The van der Waals surface area contributed by atoms with E-state index in [4.69, 9.17) is 10.5 Å². The van der Waals surface area contributed by atoms with Crippen molar-refractivity contribution in [3.63, 3.8) is 0 Å². The summed E-state index contributed by atoms with van der Waals surface area (Å²) >= 11 is 0. The Kier molecular flexibility index (Phi) is 5.18. The Bertz CT molecular complexity index is 536. The minimum atomic E-state index is -0.0228. The molecule has 0 radical (unpaired) electrons. The molecule has 4 nitrogen and oxygen atoms in total. The summed E-state index contributed by atoms with van der Waals surface area (Å²) in [6, 6.07) is 8.04. The van der Waals surface area contributed by atoms with Gasteiger partial charge in [-0.05, 0) is 31.0 Å². The van der Waals surface area contributed by atoms with Crippen molar-refractivity contribution in [1.29, 1.82) is 0 Å². The Balaban J connectivity index is 1.81. The second kappa shape index (κ2) is 7.10. The van der Waals surface area contributed by atoms with E-state index in [1.807, 2.05) is 35.3 Å². The van der Waals surface area contributed by atoms with Crippen LogP contribution < -0.4 is 10.5 Å². The average molecular weight is 273 g/mol. The van der Waals surface area contributed by atoms with Gasteiger partial charge in [-0.1, -0.05) is 19.1 Å². The minimum absolute atomic E-state index is 0.0228. The molecule has 1 aromatic carbocycles. The van der Waals surface area contributed by atoms with Gasteiger partial charge < -0.3 is 10.5 Å². The molecule has 2 N–H and O–H groups in total.